The van der Waals surface area contributed by atoms with Gasteiger partial charge in [-0.2, -0.15) is 0 Å². The van der Waals surface area contributed by atoms with Crippen molar-refractivity contribution in [2.24, 2.45) is 5.73 Å². The van der Waals surface area contributed by atoms with Crippen LogP contribution in [0.4, 0.5) is 5.13 Å². The van der Waals surface area contributed by atoms with Crippen LogP contribution in [0.1, 0.15) is 19.8 Å². The van der Waals surface area contributed by atoms with Crippen molar-refractivity contribution in [3.8, 4) is 0 Å². The predicted octanol–water partition coefficient (Wildman–Crippen LogP) is 1.39. The van der Waals surface area contributed by atoms with Crippen molar-refractivity contribution in [3.63, 3.8) is 0 Å². The number of aromatic nitrogens is 2. The molecule has 0 fully saturated rings. The number of hydrogen-bond donors (Lipinski definition) is 1. The lowest BCUT2D eigenvalue weighted by Gasteiger charge is -2.18. The fourth-order valence-corrected chi connectivity index (χ4v) is 2.22. The second-order valence-corrected chi connectivity index (χ2v) is 5.31. The molecule has 0 saturated carbocycles. The SMILES string of the molecule is CCCCN(CC(N)=O)c1nnc(Br)s1. The summed E-state index contributed by atoms with van der Waals surface area (Å²) >= 11 is 4.64. The van der Waals surface area contributed by atoms with Crippen LogP contribution in [-0.2, 0) is 4.79 Å². The molecule has 5 nitrogen and oxygen atoms in total. The number of nitrogens with zero attached hydrogens (tertiary/aromatic N) is 3. The summed E-state index contributed by atoms with van der Waals surface area (Å²) in [4.78, 5) is 12.7. The van der Waals surface area contributed by atoms with E-state index in [1.165, 1.54) is 11.3 Å². The topological polar surface area (TPSA) is 72.1 Å². The Morgan fingerprint density at radius 3 is 2.80 bits per heavy atom. The van der Waals surface area contributed by atoms with Gasteiger partial charge >= 0.3 is 0 Å². The number of amides is 1. The van der Waals surface area contributed by atoms with Gasteiger partial charge in [0.2, 0.25) is 11.0 Å². The molecule has 1 amide bonds. The number of carbonyl (C=O) groups excluding carboxylic acids is 1. The van der Waals surface area contributed by atoms with Crippen LogP contribution in [0.5, 0.6) is 0 Å². The van der Waals surface area contributed by atoms with Crippen LogP contribution in [-0.4, -0.2) is 29.2 Å². The third-order valence-electron chi connectivity index (χ3n) is 1.79. The second kappa shape index (κ2) is 6.02. The molecular formula is C8H13BrN4OS. The summed E-state index contributed by atoms with van der Waals surface area (Å²) < 4.78 is 0.712. The van der Waals surface area contributed by atoms with Crippen molar-refractivity contribution >= 4 is 38.3 Å². The molecule has 0 aliphatic heterocycles. The largest absolute Gasteiger partial charge is 0.368 e. The van der Waals surface area contributed by atoms with Gasteiger partial charge in [-0.25, -0.2) is 0 Å². The standard InChI is InChI=1S/C8H13BrN4OS/c1-2-3-4-13(5-6(10)14)8-12-11-7(9)15-8/h2-5H2,1H3,(H2,10,14). The van der Waals surface area contributed by atoms with E-state index in [9.17, 15) is 4.79 Å². The number of unbranched alkanes of at least 4 members (excludes halogenated alkanes) is 1. The van der Waals surface area contributed by atoms with Gasteiger partial charge in [0.1, 0.15) is 0 Å². The van der Waals surface area contributed by atoms with Gasteiger partial charge in [-0.1, -0.05) is 24.7 Å². The minimum atomic E-state index is -0.350. The molecule has 7 heteroatoms. The summed E-state index contributed by atoms with van der Waals surface area (Å²) in [5.41, 5.74) is 5.17. The van der Waals surface area contributed by atoms with E-state index in [1.54, 1.807) is 0 Å². The lowest BCUT2D eigenvalue weighted by Crippen LogP contribution is -2.34. The van der Waals surface area contributed by atoms with Gasteiger partial charge in [0, 0.05) is 6.54 Å². The molecule has 0 aromatic carbocycles. The van der Waals surface area contributed by atoms with E-state index >= 15 is 0 Å². The molecule has 0 atom stereocenters. The number of hydrogen-bond acceptors (Lipinski definition) is 5. The summed E-state index contributed by atoms with van der Waals surface area (Å²) in [5, 5.41) is 8.54. The first-order valence-electron chi connectivity index (χ1n) is 4.65. The maximum atomic E-state index is 10.9. The Hall–Kier alpha value is -0.690. The first-order valence-corrected chi connectivity index (χ1v) is 6.26. The third kappa shape index (κ3) is 4.13. The first kappa shape index (κ1) is 12.4. The molecule has 1 aromatic rings. The molecular weight excluding hydrogens is 280 g/mol. The maximum absolute atomic E-state index is 10.9. The Morgan fingerprint density at radius 2 is 2.33 bits per heavy atom. The number of halogens is 1. The number of nitrogens with two attached hydrogens (primary N) is 1. The minimum absolute atomic E-state index is 0.196. The molecule has 2 N–H and O–H groups in total. The van der Waals surface area contributed by atoms with E-state index in [1.807, 2.05) is 4.90 Å². The first-order chi connectivity index (χ1) is 7.13. The fourth-order valence-electron chi connectivity index (χ4n) is 1.11. The van der Waals surface area contributed by atoms with Gasteiger partial charge in [0.25, 0.3) is 0 Å². The average Bonchev–Trinajstić information content (AvgIpc) is 2.58. The van der Waals surface area contributed by atoms with Gasteiger partial charge in [0.15, 0.2) is 3.92 Å². The number of rotatable bonds is 6. The van der Waals surface area contributed by atoms with Crippen molar-refractivity contribution in [2.45, 2.75) is 19.8 Å². The molecule has 0 unspecified atom stereocenters. The van der Waals surface area contributed by atoms with Crippen molar-refractivity contribution in [1.29, 1.82) is 0 Å². The van der Waals surface area contributed by atoms with Crippen LogP contribution in [0.25, 0.3) is 0 Å². The van der Waals surface area contributed by atoms with E-state index in [0.717, 1.165) is 24.5 Å². The highest BCUT2D eigenvalue weighted by Crippen LogP contribution is 2.24. The predicted molar refractivity (Wildman–Crippen MR) is 63.9 cm³/mol. The maximum Gasteiger partial charge on any atom is 0.237 e. The Bertz CT molecular complexity index is 330. The van der Waals surface area contributed by atoms with Gasteiger partial charge in [0.05, 0.1) is 6.54 Å². The van der Waals surface area contributed by atoms with Gasteiger partial charge in [-0.05, 0) is 22.4 Å². The monoisotopic (exact) mass is 292 g/mol. The molecule has 0 aliphatic rings. The minimum Gasteiger partial charge on any atom is -0.368 e. The normalized spacial score (nSPS) is 10.3. The van der Waals surface area contributed by atoms with E-state index in [2.05, 4.69) is 33.1 Å². The van der Waals surface area contributed by atoms with Crippen LogP contribution in [0.3, 0.4) is 0 Å². The number of carbonyl (C=O) groups is 1. The molecule has 1 rings (SSSR count). The molecule has 0 saturated heterocycles. The van der Waals surface area contributed by atoms with Crippen LogP contribution in [0.15, 0.2) is 3.92 Å². The molecule has 0 bridgehead atoms. The van der Waals surface area contributed by atoms with Gasteiger partial charge in [-0.15, -0.1) is 10.2 Å². The van der Waals surface area contributed by atoms with E-state index in [-0.39, 0.29) is 12.5 Å². The average molecular weight is 293 g/mol. The van der Waals surface area contributed by atoms with Gasteiger partial charge < -0.3 is 10.6 Å². The zero-order chi connectivity index (χ0) is 11.3. The zero-order valence-electron chi connectivity index (χ0n) is 8.44. The lowest BCUT2D eigenvalue weighted by atomic mass is 10.3. The fraction of sp³-hybridized carbons (Fsp3) is 0.625. The summed E-state index contributed by atoms with van der Waals surface area (Å²) in [5.74, 6) is -0.350. The van der Waals surface area contributed by atoms with Crippen molar-refractivity contribution < 1.29 is 4.79 Å². The molecule has 1 aromatic heterocycles. The highest BCUT2D eigenvalue weighted by molar-refractivity contribution is 9.11. The Morgan fingerprint density at radius 1 is 1.60 bits per heavy atom. The molecule has 0 radical (unpaired) electrons. The zero-order valence-corrected chi connectivity index (χ0v) is 10.8. The highest BCUT2D eigenvalue weighted by atomic mass is 79.9. The van der Waals surface area contributed by atoms with Crippen LogP contribution < -0.4 is 10.6 Å². The van der Waals surface area contributed by atoms with Gasteiger partial charge in [-0.3, -0.25) is 4.79 Å². The van der Waals surface area contributed by atoms with E-state index in [4.69, 9.17) is 5.73 Å². The number of anilines is 1. The summed E-state index contributed by atoms with van der Waals surface area (Å²) in [6.07, 6.45) is 2.07. The Kier molecular flexibility index (Phi) is 4.97. The van der Waals surface area contributed by atoms with E-state index < -0.39 is 0 Å². The summed E-state index contributed by atoms with van der Waals surface area (Å²) in [6.45, 7) is 3.07. The Labute approximate surface area is 101 Å². The van der Waals surface area contributed by atoms with E-state index in [0.29, 0.717) is 3.92 Å². The van der Waals surface area contributed by atoms with Crippen LogP contribution in [0.2, 0.25) is 0 Å². The quantitative estimate of drug-likeness (QED) is 0.860. The van der Waals surface area contributed by atoms with Crippen molar-refractivity contribution in [1.82, 2.24) is 10.2 Å². The van der Waals surface area contributed by atoms with Crippen LogP contribution >= 0.6 is 27.3 Å². The molecule has 0 aliphatic carbocycles. The smallest absolute Gasteiger partial charge is 0.237 e. The molecule has 15 heavy (non-hydrogen) atoms. The highest BCUT2D eigenvalue weighted by Gasteiger charge is 2.13. The molecule has 0 spiro atoms. The van der Waals surface area contributed by atoms with Crippen molar-refractivity contribution in [2.75, 3.05) is 18.0 Å². The van der Waals surface area contributed by atoms with Crippen molar-refractivity contribution in [3.05, 3.63) is 3.92 Å². The summed E-state index contributed by atoms with van der Waals surface area (Å²) in [7, 11) is 0. The lowest BCUT2D eigenvalue weighted by molar-refractivity contribution is -0.116. The second-order valence-electron chi connectivity index (χ2n) is 3.08. The number of primary amides is 1. The third-order valence-corrected chi connectivity index (χ3v) is 3.21. The Balaban J connectivity index is 2.66. The van der Waals surface area contributed by atoms with Crippen LogP contribution in [0, 0.1) is 0 Å². The summed E-state index contributed by atoms with van der Waals surface area (Å²) in [6, 6.07) is 0. The molecule has 1 heterocycles. The molecule has 84 valence electrons.